The second kappa shape index (κ2) is 4.49. The van der Waals surface area contributed by atoms with E-state index in [2.05, 4.69) is 0 Å². The van der Waals surface area contributed by atoms with Gasteiger partial charge in [-0.1, -0.05) is 17.7 Å². The Bertz CT molecular complexity index is 299. The van der Waals surface area contributed by atoms with Crippen molar-refractivity contribution in [3.05, 3.63) is 28.3 Å². The summed E-state index contributed by atoms with van der Waals surface area (Å²) < 4.78 is 5.11. The molecular weight excluding hydrogens is 186 g/mol. The Kier molecular flexibility index (Phi) is 3.58. The third-order valence-electron chi connectivity index (χ3n) is 2.06. The van der Waals surface area contributed by atoms with Gasteiger partial charge in [-0.3, -0.25) is 0 Å². The molecule has 0 saturated heterocycles. The van der Waals surface area contributed by atoms with Gasteiger partial charge < -0.3 is 10.5 Å². The van der Waals surface area contributed by atoms with Crippen LogP contribution in [0.15, 0.2) is 12.1 Å². The minimum Gasteiger partial charge on any atom is -0.495 e. The van der Waals surface area contributed by atoms with E-state index in [9.17, 15) is 0 Å². The van der Waals surface area contributed by atoms with Crippen molar-refractivity contribution < 1.29 is 4.74 Å². The number of nitrogens with two attached hydrogens (primary N) is 1. The van der Waals surface area contributed by atoms with E-state index in [1.54, 1.807) is 7.11 Å². The molecule has 1 rings (SSSR count). The molecule has 0 aromatic heterocycles. The number of hydrogen-bond acceptors (Lipinski definition) is 2. The Morgan fingerprint density at radius 1 is 1.46 bits per heavy atom. The van der Waals surface area contributed by atoms with Crippen LogP contribution in [-0.4, -0.2) is 13.7 Å². The summed E-state index contributed by atoms with van der Waals surface area (Å²) in [6, 6.07) is 3.87. The fraction of sp³-hybridized carbons (Fsp3) is 0.400. The van der Waals surface area contributed by atoms with Crippen molar-refractivity contribution in [2.75, 3.05) is 13.7 Å². The molecule has 3 heteroatoms. The van der Waals surface area contributed by atoms with E-state index in [0.717, 1.165) is 23.3 Å². The summed E-state index contributed by atoms with van der Waals surface area (Å²) >= 11 is 6.11. The topological polar surface area (TPSA) is 35.2 Å². The number of aryl methyl sites for hydroxylation is 1. The molecule has 0 amide bonds. The van der Waals surface area contributed by atoms with Gasteiger partial charge in [0, 0.05) is 0 Å². The lowest BCUT2D eigenvalue weighted by Gasteiger charge is -2.10. The largest absolute Gasteiger partial charge is 0.495 e. The van der Waals surface area contributed by atoms with Crippen LogP contribution in [-0.2, 0) is 6.42 Å². The molecule has 0 aliphatic carbocycles. The van der Waals surface area contributed by atoms with Gasteiger partial charge in [0.1, 0.15) is 5.75 Å². The molecule has 0 bridgehead atoms. The molecule has 0 unspecified atom stereocenters. The van der Waals surface area contributed by atoms with Gasteiger partial charge in [-0.2, -0.15) is 0 Å². The highest BCUT2D eigenvalue weighted by molar-refractivity contribution is 6.32. The quantitative estimate of drug-likeness (QED) is 0.810. The molecule has 0 aliphatic heterocycles. The zero-order chi connectivity index (χ0) is 9.84. The van der Waals surface area contributed by atoms with Crippen LogP contribution in [0, 0.1) is 6.92 Å². The first-order valence-electron chi connectivity index (χ1n) is 4.22. The molecule has 0 fully saturated rings. The van der Waals surface area contributed by atoms with Crippen molar-refractivity contribution in [2.24, 2.45) is 5.73 Å². The van der Waals surface area contributed by atoms with Gasteiger partial charge in [-0.25, -0.2) is 0 Å². The number of halogens is 1. The zero-order valence-corrected chi connectivity index (χ0v) is 8.69. The molecule has 2 N–H and O–H groups in total. The van der Waals surface area contributed by atoms with Gasteiger partial charge in [-0.05, 0) is 37.1 Å². The third-order valence-corrected chi connectivity index (χ3v) is 2.47. The van der Waals surface area contributed by atoms with Gasteiger partial charge in [-0.15, -0.1) is 0 Å². The molecule has 72 valence electrons. The lowest BCUT2D eigenvalue weighted by Crippen LogP contribution is -2.05. The first kappa shape index (κ1) is 10.4. The molecule has 2 nitrogen and oxygen atoms in total. The van der Waals surface area contributed by atoms with E-state index in [4.69, 9.17) is 22.1 Å². The Labute approximate surface area is 83.6 Å². The van der Waals surface area contributed by atoms with Crippen LogP contribution in [0.4, 0.5) is 0 Å². The summed E-state index contributed by atoms with van der Waals surface area (Å²) in [5, 5.41) is 0.688. The van der Waals surface area contributed by atoms with Crippen molar-refractivity contribution in [1.82, 2.24) is 0 Å². The normalized spacial score (nSPS) is 10.2. The lowest BCUT2D eigenvalue weighted by molar-refractivity contribution is 0.414. The van der Waals surface area contributed by atoms with E-state index in [1.807, 2.05) is 19.1 Å². The summed E-state index contributed by atoms with van der Waals surface area (Å²) in [5.74, 6) is 0.718. The minimum atomic E-state index is 0.605. The maximum atomic E-state index is 6.11. The van der Waals surface area contributed by atoms with E-state index in [1.165, 1.54) is 0 Å². The molecular formula is C10H14ClNO. The Hall–Kier alpha value is -0.730. The number of hydrogen-bond donors (Lipinski definition) is 1. The van der Waals surface area contributed by atoms with Crippen LogP contribution < -0.4 is 10.5 Å². The first-order valence-corrected chi connectivity index (χ1v) is 4.60. The van der Waals surface area contributed by atoms with Crippen LogP contribution >= 0.6 is 11.6 Å². The average Bonchev–Trinajstić information content (AvgIpc) is 2.12. The smallest absolute Gasteiger partial charge is 0.137 e. The highest BCUT2D eigenvalue weighted by atomic mass is 35.5. The van der Waals surface area contributed by atoms with E-state index in [0.29, 0.717) is 11.6 Å². The summed E-state index contributed by atoms with van der Waals surface area (Å²) in [6.07, 6.45) is 0.794. The maximum Gasteiger partial charge on any atom is 0.137 e. The molecule has 0 spiro atoms. The molecule has 13 heavy (non-hydrogen) atoms. The summed E-state index contributed by atoms with van der Waals surface area (Å²) in [7, 11) is 1.61. The molecule has 0 heterocycles. The Morgan fingerprint density at radius 3 is 2.69 bits per heavy atom. The molecule has 0 atom stereocenters. The molecule has 0 saturated carbocycles. The average molecular weight is 200 g/mol. The number of benzene rings is 1. The second-order valence-corrected chi connectivity index (χ2v) is 3.29. The second-order valence-electron chi connectivity index (χ2n) is 2.92. The predicted octanol–water partition coefficient (Wildman–Crippen LogP) is 2.16. The summed E-state index contributed by atoms with van der Waals surface area (Å²) in [4.78, 5) is 0. The van der Waals surface area contributed by atoms with E-state index in [-0.39, 0.29) is 0 Å². The third kappa shape index (κ3) is 2.14. The Morgan fingerprint density at radius 2 is 2.15 bits per heavy atom. The van der Waals surface area contributed by atoms with Crippen molar-refractivity contribution in [3.8, 4) is 5.75 Å². The van der Waals surface area contributed by atoms with Gasteiger partial charge in [0.15, 0.2) is 0 Å². The summed E-state index contributed by atoms with van der Waals surface area (Å²) in [6.45, 7) is 2.63. The van der Waals surface area contributed by atoms with E-state index >= 15 is 0 Å². The number of rotatable bonds is 3. The van der Waals surface area contributed by atoms with Gasteiger partial charge in [0.25, 0.3) is 0 Å². The number of methoxy groups -OCH3 is 1. The summed E-state index contributed by atoms with van der Waals surface area (Å²) in [5.41, 5.74) is 7.74. The van der Waals surface area contributed by atoms with Gasteiger partial charge in [0.2, 0.25) is 0 Å². The van der Waals surface area contributed by atoms with Crippen molar-refractivity contribution >= 4 is 11.6 Å². The highest BCUT2D eigenvalue weighted by Crippen LogP contribution is 2.30. The Balaban J connectivity index is 3.13. The molecule has 0 aliphatic rings. The first-order chi connectivity index (χ1) is 6.20. The fourth-order valence-corrected chi connectivity index (χ4v) is 1.69. The van der Waals surface area contributed by atoms with Crippen molar-refractivity contribution in [3.63, 3.8) is 0 Å². The van der Waals surface area contributed by atoms with Crippen molar-refractivity contribution in [2.45, 2.75) is 13.3 Å². The van der Waals surface area contributed by atoms with E-state index < -0.39 is 0 Å². The van der Waals surface area contributed by atoms with Crippen molar-refractivity contribution in [1.29, 1.82) is 0 Å². The lowest BCUT2D eigenvalue weighted by atomic mass is 10.1. The van der Waals surface area contributed by atoms with Crippen LogP contribution in [0.5, 0.6) is 5.75 Å². The predicted molar refractivity (Wildman–Crippen MR) is 55.5 cm³/mol. The van der Waals surface area contributed by atoms with Gasteiger partial charge >= 0.3 is 0 Å². The van der Waals surface area contributed by atoms with Crippen LogP contribution in [0.25, 0.3) is 0 Å². The number of ether oxygens (including phenoxy) is 1. The zero-order valence-electron chi connectivity index (χ0n) is 7.93. The molecule has 1 aromatic carbocycles. The van der Waals surface area contributed by atoms with Crippen LogP contribution in [0.2, 0.25) is 5.02 Å². The fourth-order valence-electron chi connectivity index (χ4n) is 1.31. The standard InChI is InChI=1S/C10H14ClNO/c1-7-3-4-9(13-2)10(11)8(7)5-6-12/h3-4H,5-6,12H2,1-2H3. The van der Waals surface area contributed by atoms with Crippen LogP contribution in [0.3, 0.4) is 0 Å². The highest BCUT2D eigenvalue weighted by Gasteiger charge is 2.08. The molecule has 0 radical (unpaired) electrons. The SMILES string of the molecule is COc1ccc(C)c(CCN)c1Cl. The monoisotopic (exact) mass is 199 g/mol. The minimum absolute atomic E-state index is 0.605. The van der Waals surface area contributed by atoms with Gasteiger partial charge in [0.05, 0.1) is 12.1 Å². The van der Waals surface area contributed by atoms with Crippen LogP contribution in [0.1, 0.15) is 11.1 Å². The molecule has 1 aromatic rings. The maximum absolute atomic E-state index is 6.11.